The van der Waals surface area contributed by atoms with Gasteiger partial charge >= 0.3 is 11.9 Å². The Morgan fingerprint density at radius 2 is 0.700 bits per heavy atom. The fourth-order valence-corrected chi connectivity index (χ4v) is 5.31. The Kier molecular flexibility index (Phi) is 41.0. The van der Waals surface area contributed by atoms with Crippen LogP contribution in [0.15, 0.2) is 0 Å². The molecule has 0 saturated carbocycles. The smallest absolute Gasteiger partial charge is 0.306 e. The molecule has 0 bridgehead atoms. The van der Waals surface area contributed by atoms with Crippen LogP contribution in [0.1, 0.15) is 194 Å². The largest absolute Gasteiger partial charge is 0.455 e. The summed E-state index contributed by atoms with van der Waals surface area (Å²) in [4.78, 5) is 22.2. The van der Waals surface area contributed by atoms with Gasteiger partial charge in [-0.25, -0.2) is 0 Å². The van der Waals surface area contributed by atoms with Crippen molar-refractivity contribution in [2.75, 3.05) is 10.7 Å². The molecule has 4 nitrogen and oxygen atoms in total. The number of carbonyl (C=O) groups is 2. The molecule has 0 saturated heterocycles. The van der Waals surface area contributed by atoms with Crippen LogP contribution in [0.2, 0.25) is 0 Å². The van der Waals surface area contributed by atoms with Gasteiger partial charge < -0.3 is 9.47 Å². The molecule has 0 aromatic heterocycles. The van der Waals surface area contributed by atoms with Crippen molar-refractivity contribution in [3.8, 4) is 0 Å². The third-order valence-corrected chi connectivity index (χ3v) is 7.82. The van der Waals surface area contributed by atoms with Gasteiger partial charge in [0, 0.05) is 12.8 Å². The van der Waals surface area contributed by atoms with Gasteiger partial charge in [0.2, 0.25) is 0 Å². The molecule has 0 amide bonds. The minimum absolute atomic E-state index is 0.0166. The average molecular weight is 701 g/mol. The summed E-state index contributed by atoms with van der Waals surface area (Å²) in [6, 6.07) is -0.0166. The van der Waals surface area contributed by atoms with Gasteiger partial charge in [-0.3, -0.25) is 9.59 Å². The number of carbonyl (C=O) groups excluding carboxylic acids is 2. The normalized spacial score (nSPS) is 10.7. The van der Waals surface area contributed by atoms with Crippen LogP contribution in [-0.4, -0.2) is 22.6 Å². The van der Waals surface area contributed by atoms with Crippen molar-refractivity contribution in [2.24, 2.45) is 0 Å². The topological polar surface area (TPSA) is 52.6 Å². The van der Waals surface area contributed by atoms with Gasteiger partial charge in [-0.15, -0.1) is 0 Å². The van der Waals surface area contributed by atoms with Gasteiger partial charge in [-0.05, 0) is 35.4 Å². The highest BCUT2D eigenvalue weighted by Crippen LogP contribution is 2.14. The molecule has 0 unspecified atom stereocenters. The first-order valence-corrected chi connectivity index (χ1v) is 19.1. The zero-order chi connectivity index (χ0) is 29.8. The molecule has 0 aromatic carbocycles. The molecular formula is C34H66ClIO4. The van der Waals surface area contributed by atoms with Crippen LogP contribution in [-0.2, 0) is 19.1 Å². The molecule has 6 heteroatoms. The van der Waals surface area contributed by atoms with Gasteiger partial charge in [-0.1, -0.05) is 180 Å². The van der Waals surface area contributed by atoms with Crippen molar-refractivity contribution in [1.82, 2.24) is 0 Å². The molecule has 40 heavy (non-hydrogen) atoms. The summed E-state index contributed by atoms with van der Waals surface area (Å²) >= 11 is 7.37. The summed E-state index contributed by atoms with van der Waals surface area (Å²) < 4.78 is 10.1. The highest BCUT2D eigenvalue weighted by Gasteiger charge is 2.02. The Bertz CT molecular complexity index is 460. The maximum atomic E-state index is 11.1. The fraction of sp³-hybridized carbons (Fsp3) is 0.941. The molecular weight excluding hydrogens is 635 g/mol. The molecule has 0 fully saturated rings. The highest BCUT2D eigenvalue weighted by atomic mass is 127. The second-order valence-electron chi connectivity index (χ2n) is 11.2. The van der Waals surface area contributed by atoms with E-state index in [4.69, 9.17) is 16.3 Å². The Morgan fingerprint density at radius 3 is 0.950 bits per heavy atom. The zero-order valence-electron chi connectivity index (χ0n) is 26.6. The van der Waals surface area contributed by atoms with Crippen LogP contribution in [0, 0.1) is 0 Å². The zero-order valence-corrected chi connectivity index (χ0v) is 29.5. The van der Waals surface area contributed by atoms with Gasteiger partial charge in [0.15, 0.2) is 6.07 Å². The van der Waals surface area contributed by atoms with E-state index in [2.05, 4.69) is 41.2 Å². The van der Waals surface area contributed by atoms with E-state index in [1.165, 1.54) is 148 Å². The maximum Gasteiger partial charge on any atom is 0.306 e. The van der Waals surface area contributed by atoms with Gasteiger partial charge in [0.25, 0.3) is 0 Å². The van der Waals surface area contributed by atoms with Crippen LogP contribution >= 0.6 is 34.2 Å². The second kappa shape index (κ2) is 39.0. The van der Waals surface area contributed by atoms with Gasteiger partial charge in [-0.2, -0.15) is 0 Å². The van der Waals surface area contributed by atoms with Crippen LogP contribution in [0.5, 0.6) is 0 Å². The van der Waals surface area contributed by atoms with Gasteiger partial charge in [0.1, 0.15) is 4.61 Å². The lowest BCUT2D eigenvalue weighted by molar-refractivity contribution is -0.142. The standard InChI is InChI=1S/C17H33ClO2.C17H33IO2/c2*1-2-3-4-5-6-7-8-9-10-11-12-13-14-15-17(19)20-16-18/h2*2-16H2,1H3. The van der Waals surface area contributed by atoms with E-state index < -0.39 is 0 Å². The third-order valence-electron chi connectivity index (χ3n) is 7.40. The average Bonchev–Trinajstić information content (AvgIpc) is 2.94. The summed E-state index contributed by atoms with van der Waals surface area (Å²) in [6.45, 7) is 4.53. The maximum absolute atomic E-state index is 11.1. The van der Waals surface area contributed by atoms with E-state index in [1.807, 2.05) is 0 Å². The Balaban J connectivity index is 0. The lowest BCUT2D eigenvalue weighted by atomic mass is 10.0. The van der Waals surface area contributed by atoms with Crippen molar-refractivity contribution in [1.29, 1.82) is 0 Å². The number of esters is 2. The summed E-state index contributed by atoms with van der Waals surface area (Å²) in [5.74, 6) is -0.203. The summed E-state index contributed by atoms with van der Waals surface area (Å²) in [7, 11) is 0. The lowest BCUT2D eigenvalue weighted by Crippen LogP contribution is -2.01. The molecule has 0 radical (unpaired) electrons. The molecule has 240 valence electrons. The van der Waals surface area contributed by atoms with Crippen LogP contribution in [0.25, 0.3) is 0 Å². The van der Waals surface area contributed by atoms with Crippen molar-refractivity contribution < 1.29 is 19.1 Å². The van der Waals surface area contributed by atoms with E-state index in [0.29, 0.717) is 17.5 Å². The molecule has 0 spiro atoms. The SMILES string of the molecule is CCCCCCCCCCCCCCCC(=O)OCCl.CCCCCCCCCCCCCCCC(=O)OCI. The minimum atomic E-state index is -0.164. The van der Waals surface area contributed by atoms with Crippen LogP contribution in [0.3, 0.4) is 0 Å². The predicted octanol–water partition coefficient (Wildman–Crippen LogP) is 12.6. The number of rotatable bonds is 30. The highest BCUT2D eigenvalue weighted by molar-refractivity contribution is 14.1. The van der Waals surface area contributed by atoms with Crippen molar-refractivity contribution >= 4 is 46.1 Å². The first kappa shape index (κ1) is 42.1. The number of alkyl halides is 2. The van der Waals surface area contributed by atoms with E-state index in [9.17, 15) is 9.59 Å². The number of halogens is 2. The number of unbranched alkanes of at least 4 members (excludes halogenated alkanes) is 24. The van der Waals surface area contributed by atoms with Crippen LogP contribution in [0.4, 0.5) is 0 Å². The number of hydrogen-bond acceptors (Lipinski definition) is 4. The number of hydrogen-bond donors (Lipinski definition) is 0. The van der Waals surface area contributed by atoms with Gasteiger partial charge in [0.05, 0.1) is 0 Å². The molecule has 0 rings (SSSR count). The van der Waals surface area contributed by atoms with E-state index in [0.717, 1.165) is 19.3 Å². The van der Waals surface area contributed by atoms with E-state index in [1.54, 1.807) is 0 Å². The molecule has 0 N–H and O–H groups in total. The van der Waals surface area contributed by atoms with Crippen molar-refractivity contribution in [2.45, 2.75) is 194 Å². The third kappa shape index (κ3) is 40.1. The molecule has 0 aliphatic carbocycles. The second-order valence-corrected chi connectivity index (χ2v) is 12.1. The Labute approximate surface area is 268 Å². The number of ether oxygens (including phenoxy) is 2. The molecule has 0 aliphatic heterocycles. The van der Waals surface area contributed by atoms with Crippen LogP contribution < -0.4 is 0 Å². The fourth-order valence-electron chi connectivity index (χ4n) is 4.84. The lowest BCUT2D eigenvalue weighted by Gasteiger charge is -2.03. The molecule has 0 heterocycles. The summed E-state index contributed by atoms with van der Waals surface area (Å²) in [5.41, 5.74) is 0. The Morgan fingerprint density at radius 1 is 0.450 bits per heavy atom. The van der Waals surface area contributed by atoms with E-state index in [-0.39, 0.29) is 18.0 Å². The molecule has 0 atom stereocenters. The monoisotopic (exact) mass is 700 g/mol. The minimum Gasteiger partial charge on any atom is -0.455 e. The van der Waals surface area contributed by atoms with E-state index >= 15 is 0 Å². The summed E-state index contributed by atoms with van der Waals surface area (Å²) in [6.07, 6.45) is 35.7. The first-order valence-electron chi connectivity index (χ1n) is 17.0. The molecule has 0 aliphatic rings. The van der Waals surface area contributed by atoms with Crippen molar-refractivity contribution in [3.63, 3.8) is 0 Å². The van der Waals surface area contributed by atoms with Crippen molar-refractivity contribution in [3.05, 3.63) is 0 Å². The summed E-state index contributed by atoms with van der Waals surface area (Å²) in [5, 5.41) is 0. The Hall–Kier alpha value is -0.0400. The quantitative estimate of drug-likeness (QED) is 0.0324. The molecule has 0 aromatic rings. The first-order chi connectivity index (χ1) is 19.6. The predicted molar refractivity (Wildman–Crippen MR) is 182 cm³/mol.